The molecule has 0 saturated carbocycles. The Balaban J connectivity index is 1.42. The summed E-state index contributed by atoms with van der Waals surface area (Å²) in [7, 11) is 1.86. The van der Waals surface area contributed by atoms with Crippen molar-refractivity contribution >= 4 is 34.0 Å². The van der Waals surface area contributed by atoms with E-state index in [-0.39, 0.29) is 11.7 Å². The maximum atomic E-state index is 12.6. The number of nitriles is 1. The second-order valence-electron chi connectivity index (χ2n) is 7.25. The van der Waals surface area contributed by atoms with E-state index in [0.717, 1.165) is 36.9 Å². The second kappa shape index (κ2) is 8.98. The number of nitrogens with one attached hydrogen (secondary N) is 1. The quantitative estimate of drug-likeness (QED) is 0.583. The van der Waals surface area contributed by atoms with Gasteiger partial charge in [0.2, 0.25) is 5.91 Å². The number of pyridine rings is 1. The van der Waals surface area contributed by atoms with Crippen LogP contribution in [0.2, 0.25) is 0 Å². The fourth-order valence-corrected chi connectivity index (χ4v) is 5.70. The minimum absolute atomic E-state index is 0.149. The average Bonchev–Trinajstić information content (AvgIpc) is 3.31. The Kier molecular flexibility index (Phi) is 6.16. The molecule has 1 aliphatic carbocycles. The molecule has 1 unspecified atom stereocenters. The van der Waals surface area contributed by atoms with E-state index in [9.17, 15) is 10.1 Å². The van der Waals surface area contributed by atoms with Gasteiger partial charge in [-0.05, 0) is 42.9 Å². The predicted octanol–water partition coefficient (Wildman–Crippen LogP) is 4.06. The zero-order valence-corrected chi connectivity index (χ0v) is 18.5. The molecule has 1 atom stereocenters. The van der Waals surface area contributed by atoms with Crippen molar-refractivity contribution in [2.75, 3.05) is 11.1 Å². The molecule has 1 N–H and O–H groups in total. The van der Waals surface area contributed by atoms with Gasteiger partial charge in [-0.25, -0.2) is 0 Å². The number of thioether (sulfide) groups is 1. The minimum atomic E-state index is -0.149. The number of carbonyl (C=O) groups is 1. The summed E-state index contributed by atoms with van der Waals surface area (Å²) in [6.07, 6.45) is 5.90. The lowest BCUT2D eigenvalue weighted by molar-refractivity contribution is -0.113. The molecule has 154 valence electrons. The van der Waals surface area contributed by atoms with Crippen LogP contribution in [0.1, 0.15) is 35.8 Å². The van der Waals surface area contributed by atoms with E-state index >= 15 is 0 Å². The maximum absolute atomic E-state index is 12.6. The fraction of sp³-hybridized carbons (Fsp3) is 0.381. The molecule has 0 aliphatic heterocycles. The van der Waals surface area contributed by atoms with Crippen molar-refractivity contribution in [3.05, 3.63) is 40.4 Å². The summed E-state index contributed by atoms with van der Waals surface area (Å²) in [5.41, 5.74) is 2.50. The number of anilines is 1. The van der Waals surface area contributed by atoms with Gasteiger partial charge in [0.25, 0.3) is 0 Å². The highest BCUT2D eigenvalue weighted by Crippen LogP contribution is 2.40. The fourth-order valence-electron chi connectivity index (χ4n) is 3.66. The largest absolute Gasteiger partial charge is 0.316 e. The van der Waals surface area contributed by atoms with Crippen molar-refractivity contribution in [1.29, 1.82) is 5.26 Å². The summed E-state index contributed by atoms with van der Waals surface area (Å²) in [4.78, 5) is 18.1. The van der Waals surface area contributed by atoms with Crippen LogP contribution in [0.15, 0.2) is 29.6 Å². The number of aromatic nitrogens is 4. The number of carbonyl (C=O) groups excluding carboxylic acids is 1. The molecule has 3 aromatic heterocycles. The first-order valence-corrected chi connectivity index (χ1v) is 11.7. The van der Waals surface area contributed by atoms with Gasteiger partial charge in [0, 0.05) is 18.1 Å². The molecule has 1 aliphatic rings. The zero-order valence-electron chi connectivity index (χ0n) is 16.9. The van der Waals surface area contributed by atoms with Gasteiger partial charge in [-0.2, -0.15) is 5.26 Å². The molecule has 1 amide bonds. The molecule has 4 rings (SSSR count). The molecule has 0 bridgehead atoms. The molecular formula is C21H22N6OS2. The molecule has 0 fully saturated rings. The molecule has 3 aromatic rings. The second-order valence-corrected chi connectivity index (χ2v) is 9.30. The topological polar surface area (TPSA) is 96.5 Å². The Bertz CT molecular complexity index is 1100. The maximum Gasteiger partial charge on any atom is 0.235 e. The Labute approximate surface area is 183 Å². The number of fused-ring (bicyclic) bond motifs is 1. The van der Waals surface area contributed by atoms with Crippen molar-refractivity contribution < 1.29 is 4.79 Å². The Morgan fingerprint density at radius 3 is 3.03 bits per heavy atom. The SMILES string of the molecule is CCC1CCc2c(sc(NC(=O)CSc3nnc(-c4ccccn4)n3C)c2C#N)C1. The van der Waals surface area contributed by atoms with Gasteiger partial charge in [0.1, 0.15) is 16.8 Å². The van der Waals surface area contributed by atoms with Gasteiger partial charge in [-0.15, -0.1) is 21.5 Å². The third-order valence-corrected chi connectivity index (χ3v) is 7.56. The van der Waals surface area contributed by atoms with Crippen molar-refractivity contribution in [1.82, 2.24) is 19.7 Å². The summed E-state index contributed by atoms with van der Waals surface area (Å²) in [5.74, 6) is 1.37. The third-order valence-electron chi connectivity index (χ3n) is 5.37. The summed E-state index contributed by atoms with van der Waals surface area (Å²) < 4.78 is 1.83. The van der Waals surface area contributed by atoms with E-state index in [1.807, 2.05) is 29.8 Å². The van der Waals surface area contributed by atoms with E-state index in [2.05, 4.69) is 33.5 Å². The number of hydrogen-bond donors (Lipinski definition) is 1. The van der Waals surface area contributed by atoms with E-state index in [1.54, 1.807) is 17.5 Å². The lowest BCUT2D eigenvalue weighted by atomic mass is 9.86. The standard InChI is InChI=1S/C21H22N6OS2/c1-3-13-7-8-14-15(11-22)20(30-17(14)10-13)24-18(28)12-29-21-26-25-19(27(21)2)16-6-4-5-9-23-16/h4-6,9,13H,3,7-8,10,12H2,1-2H3,(H,24,28). The zero-order chi connectivity index (χ0) is 21.1. The molecule has 0 saturated heterocycles. The minimum Gasteiger partial charge on any atom is -0.316 e. The number of thiophene rings is 1. The summed E-state index contributed by atoms with van der Waals surface area (Å²) in [5, 5.41) is 22.3. The number of rotatable bonds is 6. The monoisotopic (exact) mass is 438 g/mol. The highest BCUT2D eigenvalue weighted by molar-refractivity contribution is 7.99. The van der Waals surface area contributed by atoms with Crippen LogP contribution in [-0.2, 0) is 24.7 Å². The van der Waals surface area contributed by atoms with Crippen molar-refractivity contribution in [2.24, 2.45) is 13.0 Å². The molecule has 0 radical (unpaired) electrons. The van der Waals surface area contributed by atoms with Gasteiger partial charge < -0.3 is 9.88 Å². The van der Waals surface area contributed by atoms with E-state index < -0.39 is 0 Å². The van der Waals surface area contributed by atoms with Gasteiger partial charge >= 0.3 is 0 Å². The molecule has 30 heavy (non-hydrogen) atoms. The van der Waals surface area contributed by atoms with Crippen molar-refractivity contribution in [3.8, 4) is 17.6 Å². The summed E-state index contributed by atoms with van der Waals surface area (Å²) in [6.45, 7) is 2.21. The molecule has 0 spiro atoms. The van der Waals surface area contributed by atoms with E-state index in [1.165, 1.54) is 16.6 Å². The van der Waals surface area contributed by atoms with Gasteiger partial charge in [0.05, 0.1) is 11.3 Å². The first-order chi connectivity index (χ1) is 14.6. The van der Waals surface area contributed by atoms with Gasteiger partial charge in [-0.3, -0.25) is 9.78 Å². The molecule has 0 aromatic carbocycles. The highest BCUT2D eigenvalue weighted by Gasteiger charge is 2.26. The van der Waals surface area contributed by atoms with Crippen LogP contribution >= 0.6 is 23.1 Å². The highest BCUT2D eigenvalue weighted by atomic mass is 32.2. The van der Waals surface area contributed by atoms with E-state index in [0.29, 0.717) is 27.5 Å². The van der Waals surface area contributed by atoms with Crippen LogP contribution in [-0.4, -0.2) is 31.4 Å². The van der Waals surface area contributed by atoms with Crippen LogP contribution in [0.3, 0.4) is 0 Å². The van der Waals surface area contributed by atoms with Crippen LogP contribution in [0, 0.1) is 17.2 Å². The lowest BCUT2D eigenvalue weighted by Gasteiger charge is -2.20. The van der Waals surface area contributed by atoms with Crippen molar-refractivity contribution in [2.45, 2.75) is 37.8 Å². The average molecular weight is 439 g/mol. The lowest BCUT2D eigenvalue weighted by Crippen LogP contribution is -2.14. The van der Waals surface area contributed by atoms with Crippen LogP contribution in [0.5, 0.6) is 0 Å². The molecular weight excluding hydrogens is 416 g/mol. The Morgan fingerprint density at radius 2 is 2.30 bits per heavy atom. The Hall–Kier alpha value is -2.70. The van der Waals surface area contributed by atoms with Crippen LogP contribution in [0.4, 0.5) is 5.00 Å². The number of hydrogen-bond acceptors (Lipinski definition) is 7. The molecule has 3 heterocycles. The first kappa shape index (κ1) is 20.6. The number of amides is 1. The predicted molar refractivity (Wildman–Crippen MR) is 118 cm³/mol. The van der Waals surface area contributed by atoms with Crippen LogP contribution in [0.25, 0.3) is 11.5 Å². The van der Waals surface area contributed by atoms with Gasteiger partial charge in [-0.1, -0.05) is 31.2 Å². The Morgan fingerprint density at radius 1 is 1.43 bits per heavy atom. The van der Waals surface area contributed by atoms with Crippen LogP contribution < -0.4 is 5.32 Å². The third kappa shape index (κ3) is 4.11. The smallest absolute Gasteiger partial charge is 0.235 e. The molecule has 7 nitrogen and oxygen atoms in total. The van der Waals surface area contributed by atoms with Gasteiger partial charge in [0.15, 0.2) is 11.0 Å². The van der Waals surface area contributed by atoms with Crippen molar-refractivity contribution in [3.63, 3.8) is 0 Å². The summed E-state index contributed by atoms with van der Waals surface area (Å²) in [6, 6.07) is 7.92. The molecule has 9 heteroatoms. The first-order valence-electron chi connectivity index (χ1n) is 9.88. The number of nitrogens with zero attached hydrogens (tertiary/aromatic N) is 5. The van der Waals surface area contributed by atoms with E-state index in [4.69, 9.17) is 0 Å². The summed E-state index contributed by atoms with van der Waals surface area (Å²) >= 11 is 2.87. The normalized spacial score (nSPS) is 15.4.